The van der Waals surface area contributed by atoms with Crippen LogP contribution < -0.4 is 27.0 Å². The highest BCUT2D eigenvalue weighted by Crippen LogP contribution is 2.08. The van der Waals surface area contributed by atoms with Gasteiger partial charge in [-0.05, 0) is 49.1 Å². The maximum atomic E-state index is 13.1. The number of nitrogens with one attached hydrogen (secondary N) is 4. The van der Waals surface area contributed by atoms with Crippen molar-refractivity contribution in [3.63, 3.8) is 0 Å². The van der Waals surface area contributed by atoms with Gasteiger partial charge in [-0.3, -0.25) is 4.79 Å². The average Bonchev–Trinajstić information content (AvgIpc) is 2.90. The summed E-state index contributed by atoms with van der Waals surface area (Å²) in [4.78, 5) is 25.6. The second kappa shape index (κ2) is 14.6. The highest BCUT2D eigenvalue weighted by atomic mass is 16.2. The number of rotatable bonds is 13. The van der Waals surface area contributed by atoms with Crippen LogP contribution in [0.15, 0.2) is 91.0 Å². The van der Waals surface area contributed by atoms with E-state index in [1.54, 1.807) is 0 Å². The van der Waals surface area contributed by atoms with Crippen LogP contribution in [0.4, 0.5) is 10.5 Å². The van der Waals surface area contributed by atoms with Crippen molar-refractivity contribution in [1.82, 2.24) is 16.0 Å². The molecule has 0 spiro atoms. The van der Waals surface area contributed by atoms with E-state index in [1.165, 1.54) is 0 Å². The molecule has 0 aliphatic heterocycles. The van der Waals surface area contributed by atoms with Crippen molar-refractivity contribution in [2.24, 2.45) is 5.73 Å². The van der Waals surface area contributed by atoms with Crippen molar-refractivity contribution < 1.29 is 9.59 Å². The van der Waals surface area contributed by atoms with Crippen LogP contribution in [0.2, 0.25) is 0 Å². The number of para-hydroxylation sites is 1. The van der Waals surface area contributed by atoms with Crippen molar-refractivity contribution in [3.8, 4) is 0 Å². The number of benzene rings is 3. The molecule has 0 heterocycles. The first-order valence-electron chi connectivity index (χ1n) is 12.1. The van der Waals surface area contributed by atoms with E-state index in [0.717, 1.165) is 23.2 Å². The van der Waals surface area contributed by atoms with Crippen molar-refractivity contribution in [2.45, 2.75) is 37.9 Å². The van der Waals surface area contributed by atoms with Gasteiger partial charge in [0.05, 0.1) is 6.04 Å². The molecule has 0 aliphatic rings. The molecular formula is C28H35N5O2. The second-order valence-electron chi connectivity index (χ2n) is 8.44. The molecule has 2 atom stereocenters. The first kappa shape index (κ1) is 25.9. The van der Waals surface area contributed by atoms with Crippen molar-refractivity contribution in [1.29, 1.82) is 0 Å². The largest absolute Gasteiger partial charge is 0.351 e. The van der Waals surface area contributed by atoms with E-state index in [1.807, 2.05) is 91.0 Å². The lowest BCUT2D eigenvalue weighted by atomic mass is 10.0. The minimum absolute atomic E-state index is 0.0749. The van der Waals surface area contributed by atoms with Gasteiger partial charge < -0.3 is 27.0 Å². The van der Waals surface area contributed by atoms with Crippen LogP contribution in [-0.4, -0.2) is 37.1 Å². The molecule has 0 saturated carbocycles. The van der Waals surface area contributed by atoms with Gasteiger partial charge in [0, 0.05) is 24.8 Å². The van der Waals surface area contributed by atoms with E-state index in [-0.39, 0.29) is 18.0 Å². The summed E-state index contributed by atoms with van der Waals surface area (Å²) in [6, 6.07) is 28.3. The van der Waals surface area contributed by atoms with Gasteiger partial charge in [-0.1, -0.05) is 78.9 Å². The molecule has 35 heavy (non-hydrogen) atoms. The van der Waals surface area contributed by atoms with Gasteiger partial charge in [-0.15, -0.1) is 0 Å². The van der Waals surface area contributed by atoms with Gasteiger partial charge in [0.15, 0.2) is 0 Å². The van der Waals surface area contributed by atoms with Crippen LogP contribution >= 0.6 is 0 Å². The third kappa shape index (κ3) is 9.60. The quantitative estimate of drug-likeness (QED) is 0.262. The van der Waals surface area contributed by atoms with Gasteiger partial charge >= 0.3 is 6.03 Å². The topological polar surface area (TPSA) is 108 Å². The fourth-order valence-corrected chi connectivity index (χ4v) is 3.81. The fraction of sp³-hybridized carbons (Fsp3) is 0.286. The Labute approximate surface area is 207 Å². The molecule has 3 amide bonds. The summed E-state index contributed by atoms with van der Waals surface area (Å²) in [6.07, 6.45) is 1.99. The number of amides is 3. The Morgan fingerprint density at radius 3 is 2.00 bits per heavy atom. The lowest BCUT2D eigenvalue weighted by molar-refractivity contribution is -0.123. The van der Waals surface area contributed by atoms with E-state index >= 15 is 0 Å². The van der Waals surface area contributed by atoms with E-state index in [4.69, 9.17) is 5.73 Å². The average molecular weight is 474 g/mol. The van der Waals surface area contributed by atoms with E-state index in [9.17, 15) is 9.59 Å². The van der Waals surface area contributed by atoms with E-state index in [0.29, 0.717) is 32.5 Å². The molecule has 0 aromatic heterocycles. The van der Waals surface area contributed by atoms with E-state index in [2.05, 4.69) is 21.3 Å². The molecule has 7 nitrogen and oxygen atoms in total. The van der Waals surface area contributed by atoms with Crippen LogP contribution in [0.1, 0.15) is 24.0 Å². The zero-order valence-corrected chi connectivity index (χ0v) is 20.0. The smallest absolute Gasteiger partial charge is 0.319 e. The maximum absolute atomic E-state index is 13.1. The summed E-state index contributed by atoms with van der Waals surface area (Å²) in [6.45, 7) is 1.32. The van der Waals surface area contributed by atoms with Crippen LogP contribution in [0.25, 0.3) is 0 Å². The number of carbonyl (C=O) groups is 2. The molecule has 0 fully saturated rings. The van der Waals surface area contributed by atoms with Crippen LogP contribution in [0.5, 0.6) is 0 Å². The highest BCUT2D eigenvalue weighted by molar-refractivity contribution is 5.89. The Morgan fingerprint density at radius 1 is 0.771 bits per heavy atom. The fourth-order valence-electron chi connectivity index (χ4n) is 3.81. The maximum Gasteiger partial charge on any atom is 0.319 e. The van der Waals surface area contributed by atoms with Crippen molar-refractivity contribution >= 4 is 17.6 Å². The first-order valence-corrected chi connectivity index (χ1v) is 12.1. The third-order valence-corrected chi connectivity index (χ3v) is 5.63. The lowest BCUT2D eigenvalue weighted by Gasteiger charge is -2.26. The number of urea groups is 1. The summed E-state index contributed by atoms with van der Waals surface area (Å²) >= 11 is 0. The number of hydrogen-bond donors (Lipinski definition) is 5. The predicted molar refractivity (Wildman–Crippen MR) is 141 cm³/mol. The SMILES string of the molecule is NCCC[C@H](N[C@@H](CNC(=O)Nc1ccccc1)Cc1ccccc1)C(=O)NCc1ccccc1. The number of nitrogens with two attached hydrogens (primary N) is 1. The van der Waals surface area contributed by atoms with Gasteiger partial charge in [-0.25, -0.2) is 4.79 Å². The van der Waals surface area contributed by atoms with Gasteiger partial charge in [-0.2, -0.15) is 0 Å². The minimum atomic E-state index is -0.421. The Hall–Kier alpha value is -3.68. The molecule has 6 N–H and O–H groups in total. The molecule has 0 aliphatic carbocycles. The third-order valence-electron chi connectivity index (χ3n) is 5.63. The lowest BCUT2D eigenvalue weighted by Crippen LogP contribution is -2.52. The molecule has 0 saturated heterocycles. The summed E-state index contributed by atoms with van der Waals surface area (Å²) in [5.74, 6) is -0.0749. The van der Waals surface area contributed by atoms with Gasteiger partial charge in [0.1, 0.15) is 0 Å². The summed E-state index contributed by atoms with van der Waals surface area (Å²) in [5, 5.41) is 12.3. The number of anilines is 1. The molecule has 0 bridgehead atoms. The Balaban J connectivity index is 1.64. The number of hydrogen-bond acceptors (Lipinski definition) is 4. The van der Waals surface area contributed by atoms with Crippen LogP contribution in [-0.2, 0) is 17.8 Å². The summed E-state index contributed by atoms with van der Waals surface area (Å²) in [5.41, 5.74) is 8.63. The van der Waals surface area contributed by atoms with Crippen molar-refractivity contribution in [3.05, 3.63) is 102 Å². The van der Waals surface area contributed by atoms with Crippen LogP contribution in [0.3, 0.4) is 0 Å². The molecule has 0 unspecified atom stereocenters. The van der Waals surface area contributed by atoms with E-state index < -0.39 is 6.04 Å². The Morgan fingerprint density at radius 2 is 1.37 bits per heavy atom. The summed E-state index contributed by atoms with van der Waals surface area (Å²) < 4.78 is 0. The monoisotopic (exact) mass is 473 g/mol. The molecule has 184 valence electrons. The molecular weight excluding hydrogens is 438 g/mol. The molecule has 3 aromatic carbocycles. The molecule has 0 radical (unpaired) electrons. The Kier molecular flexibility index (Phi) is 10.8. The normalized spacial score (nSPS) is 12.4. The van der Waals surface area contributed by atoms with Gasteiger partial charge in [0.2, 0.25) is 5.91 Å². The summed E-state index contributed by atoms with van der Waals surface area (Å²) in [7, 11) is 0. The molecule has 3 aromatic rings. The van der Waals surface area contributed by atoms with Crippen LogP contribution in [0, 0.1) is 0 Å². The molecule has 3 rings (SSSR count). The molecule has 7 heteroatoms. The van der Waals surface area contributed by atoms with Gasteiger partial charge in [0.25, 0.3) is 0 Å². The Bertz CT molecular complexity index is 1020. The predicted octanol–water partition coefficient (Wildman–Crippen LogP) is 3.43. The standard InChI is InChI=1S/C28H35N5O2/c29-18-10-17-26(27(34)30-20-23-13-6-2-7-14-23)32-25(19-22-11-4-1-5-12-22)21-31-28(35)33-24-15-8-3-9-16-24/h1-9,11-16,25-26,32H,10,17-21,29H2,(H,30,34)(H2,31,33,35)/t25-,26+/m1/s1. The minimum Gasteiger partial charge on any atom is -0.351 e. The highest BCUT2D eigenvalue weighted by Gasteiger charge is 2.22. The number of carbonyl (C=O) groups excluding carboxylic acids is 2. The first-order chi connectivity index (χ1) is 17.1. The second-order valence-corrected chi connectivity index (χ2v) is 8.44. The zero-order valence-electron chi connectivity index (χ0n) is 20.0. The van der Waals surface area contributed by atoms with Crippen molar-refractivity contribution in [2.75, 3.05) is 18.4 Å². The zero-order chi connectivity index (χ0) is 24.7.